The molecule has 26 heavy (non-hydrogen) atoms. The second-order valence-electron chi connectivity index (χ2n) is 8.54. The average Bonchev–Trinajstić information content (AvgIpc) is 3.24. The van der Waals surface area contributed by atoms with Crippen molar-refractivity contribution in [2.24, 2.45) is 16.7 Å². The Hall–Kier alpha value is -1.48. The Kier molecular flexibility index (Phi) is 3.80. The van der Waals surface area contributed by atoms with Gasteiger partial charge >= 0.3 is 6.09 Å². The zero-order valence-electron chi connectivity index (χ0n) is 15.1. The zero-order valence-corrected chi connectivity index (χ0v) is 15.9. The first-order chi connectivity index (χ1) is 12.1. The number of rotatable bonds is 4. The van der Waals surface area contributed by atoms with E-state index in [1.165, 1.54) is 4.31 Å². The number of amides is 2. The Labute approximate surface area is 152 Å². The fourth-order valence-corrected chi connectivity index (χ4v) is 7.67. The summed E-state index contributed by atoms with van der Waals surface area (Å²) in [5, 5.41) is 0. The minimum atomic E-state index is -3.67. The van der Waals surface area contributed by atoms with Crippen LogP contribution >= 0.6 is 0 Å². The lowest BCUT2D eigenvalue weighted by Crippen LogP contribution is -2.47. The van der Waals surface area contributed by atoms with Gasteiger partial charge in [0, 0.05) is 24.9 Å². The van der Waals surface area contributed by atoms with Crippen molar-refractivity contribution in [1.29, 1.82) is 0 Å². The third kappa shape index (κ3) is 2.29. The highest BCUT2D eigenvalue weighted by molar-refractivity contribution is 7.89. The number of ketones is 1. The molecule has 2 saturated heterocycles. The van der Waals surface area contributed by atoms with Crippen LogP contribution in [-0.2, 0) is 24.3 Å². The van der Waals surface area contributed by atoms with E-state index in [-0.39, 0.29) is 42.6 Å². The van der Waals surface area contributed by atoms with Crippen LogP contribution in [0.5, 0.6) is 0 Å². The first kappa shape index (κ1) is 17.9. The van der Waals surface area contributed by atoms with Crippen LogP contribution in [-0.4, -0.2) is 66.9 Å². The molecule has 0 aromatic heterocycles. The summed E-state index contributed by atoms with van der Waals surface area (Å²) >= 11 is 0. The van der Waals surface area contributed by atoms with E-state index < -0.39 is 33.5 Å². The highest BCUT2D eigenvalue weighted by atomic mass is 32.2. The first-order valence-electron chi connectivity index (χ1n) is 9.08. The number of ether oxygens (including phenoxy) is 1. The molecule has 2 amide bonds. The maximum Gasteiger partial charge on any atom is 0.417 e. The molecule has 0 spiro atoms. The van der Waals surface area contributed by atoms with Gasteiger partial charge in [0.2, 0.25) is 10.0 Å². The molecule has 2 heterocycles. The van der Waals surface area contributed by atoms with Gasteiger partial charge in [-0.1, -0.05) is 13.8 Å². The van der Waals surface area contributed by atoms with Gasteiger partial charge in [0.1, 0.15) is 5.78 Å². The number of nitrogens with zero attached hydrogens (tertiary/aromatic N) is 2. The molecule has 8 nitrogen and oxygen atoms in total. The van der Waals surface area contributed by atoms with Crippen molar-refractivity contribution < 1.29 is 27.5 Å². The molecule has 2 aliphatic heterocycles. The van der Waals surface area contributed by atoms with E-state index in [2.05, 4.69) is 0 Å². The molecule has 0 aromatic carbocycles. The van der Waals surface area contributed by atoms with Gasteiger partial charge in [0.25, 0.3) is 5.91 Å². The Morgan fingerprint density at radius 2 is 1.92 bits per heavy atom. The Bertz CT molecular complexity index is 775. The van der Waals surface area contributed by atoms with Crippen LogP contribution in [0.2, 0.25) is 0 Å². The molecule has 0 aromatic rings. The highest BCUT2D eigenvalue weighted by Crippen LogP contribution is 2.64. The third-order valence-corrected chi connectivity index (χ3v) is 9.21. The van der Waals surface area contributed by atoms with Crippen LogP contribution in [0.25, 0.3) is 0 Å². The predicted octanol–water partition coefficient (Wildman–Crippen LogP) is 0.765. The van der Waals surface area contributed by atoms with Crippen LogP contribution in [0.4, 0.5) is 4.79 Å². The topological polar surface area (TPSA) is 101 Å². The lowest BCUT2D eigenvalue weighted by molar-refractivity contribution is -0.128. The van der Waals surface area contributed by atoms with E-state index in [0.717, 1.165) is 11.3 Å². The number of carbonyl (C=O) groups is 3. The molecule has 2 bridgehead atoms. The van der Waals surface area contributed by atoms with Crippen LogP contribution in [0.3, 0.4) is 0 Å². The molecule has 3 atom stereocenters. The van der Waals surface area contributed by atoms with Gasteiger partial charge in [-0.2, -0.15) is 4.31 Å². The molecule has 4 fully saturated rings. The maximum absolute atomic E-state index is 13.1. The second kappa shape index (κ2) is 5.51. The van der Waals surface area contributed by atoms with Gasteiger partial charge in [0.05, 0.1) is 11.8 Å². The Morgan fingerprint density at radius 1 is 1.19 bits per heavy atom. The van der Waals surface area contributed by atoms with Crippen LogP contribution in [0, 0.1) is 16.7 Å². The molecule has 144 valence electrons. The molecule has 2 aliphatic carbocycles. The fourth-order valence-electron chi connectivity index (χ4n) is 5.40. The molecule has 4 aliphatic rings. The summed E-state index contributed by atoms with van der Waals surface area (Å²) in [5.74, 6) is -0.276. The highest BCUT2D eigenvalue weighted by Gasteiger charge is 2.65. The lowest BCUT2D eigenvalue weighted by Gasteiger charge is -2.37. The predicted molar refractivity (Wildman–Crippen MR) is 90.5 cm³/mol. The van der Waals surface area contributed by atoms with Crippen molar-refractivity contribution in [1.82, 2.24) is 9.21 Å². The largest absolute Gasteiger partial charge is 0.439 e. The van der Waals surface area contributed by atoms with Gasteiger partial charge in [-0.15, -0.1) is 0 Å². The molecule has 0 radical (unpaired) electrons. The molecule has 9 heteroatoms. The summed E-state index contributed by atoms with van der Waals surface area (Å²) < 4.78 is 32.2. The van der Waals surface area contributed by atoms with Crippen LogP contribution < -0.4 is 0 Å². The van der Waals surface area contributed by atoms with Crippen LogP contribution in [0.1, 0.15) is 39.5 Å². The summed E-state index contributed by atoms with van der Waals surface area (Å²) in [7, 11) is -3.67. The normalized spacial score (nSPS) is 37.0. The van der Waals surface area contributed by atoms with Gasteiger partial charge in [-0.25, -0.2) is 18.1 Å². The first-order valence-corrected chi connectivity index (χ1v) is 10.7. The molecule has 3 unspecified atom stereocenters. The second-order valence-corrected chi connectivity index (χ2v) is 10.5. The van der Waals surface area contributed by atoms with E-state index >= 15 is 0 Å². The zero-order chi connectivity index (χ0) is 18.9. The molecular formula is C17H24N2O6S. The van der Waals surface area contributed by atoms with E-state index in [0.29, 0.717) is 19.3 Å². The van der Waals surface area contributed by atoms with Crippen LogP contribution in [0.15, 0.2) is 0 Å². The number of imide groups is 1. The van der Waals surface area contributed by atoms with Crippen molar-refractivity contribution >= 4 is 27.8 Å². The summed E-state index contributed by atoms with van der Waals surface area (Å²) in [6.45, 7) is 4.07. The molecule has 2 saturated carbocycles. The smallest absolute Gasteiger partial charge is 0.417 e. The van der Waals surface area contributed by atoms with Gasteiger partial charge in [-0.05, 0) is 30.6 Å². The minimum absolute atomic E-state index is 0.0661. The monoisotopic (exact) mass is 384 g/mol. The average molecular weight is 384 g/mol. The summed E-state index contributed by atoms with van der Waals surface area (Å²) in [6.07, 6.45) is 1.68. The van der Waals surface area contributed by atoms with E-state index in [1.54, 1.807) is 0 Å². The minimum Gasteiger partial charge on any atom is -0.439 e. The lowest BCUT2D eigenvalue weighted by atomic mass is 9.70. The van der Waals surface area contributed by atoms with Crippen molar-refractivity contribution in [2.75, 3.05) is 25.4 Å². The SMILES string of the molecule is CC1(C)C2CCC1(CS(=O)(=O)N1CCC(N3C(=O)COC3=O)C1)C(=O)C2. The molecule has 4 rings (SSSR count). The van der Waals surface area contributed by atoms with E-state index in [1.807, 2.05) is 13.8 Å². The number of hydrogen-bond donors (Lipinski definition) is 0. The Balaban J connectivity index is 1.52. The Morgan fingerprint density at radius 3 is 2.46 bits per heavy atom. The molecule has 0 N–H and O–H groups in total. The standard InChI is InChI=1S/C17H24N2O6S/c1-16(2)11-3-5-17(16,13(20)7-11)10-26(23,24)18-6-4-12(8-18)19-14(21)9-25-15(19)22/h11-12H,3-10H2,1-2H3. The summed E-state index contributed by atoms with van der Waals surface area (Å²) in [5.41, 5.74) is -1.12. The van der Waals surface area contributed by atoms with Crippen molar-refractivity contribution in [3.05, 3.63) is 0 Å². The quantitative estimate of drug-likeness (QED) is 0.709. The van der Waals surface area contributed by atoms with Gasteiger partial charge < -0.3 is 4.74 Å². The van der Waals surface area contributed by atoms with E-state index in [9.17, 15) is 22.8 Å². The third-order valence-electron chi connectivity index (χ3n) is 7.24. The van der Waals surface area contributed by atoms with Crippen molar-refractivity contribution in [2.45, 2.75) is 45.6 Å². The number of fused-ring (bicyclic) bond motifs is 2. The van der Waals surface area contributed by atoms with E-state index in [4.69, 9.17) is 4.74 Å². The van der Waals surface area contributed by atoms with Crippen molar-refractivity contribution in [3.63, 3.8) is 0 Å². The fraction of sp³-hybridized carbons (Fsp3) is 0.824. The molecular weight excluding hydrogens is 360 g/mol. The number of cyclic esters (lactones) is 1. The number of hydrogen-bond acceptors (Lipinski definition) is 6. The number of carbonyl (C=O) groups excluding carboxylic acids is 3. The van der Waals surface area contributed by atoms with Crippen molar-refractivity contribution in [3.8, 4) is 0 Å². The van der Waals surface area contributed by atoms with Gasteiger partial charge in [0.15, 0.2) is 6.61 Å². The summed E-state index contributed by atoms with van der Waals surface area (Å²) in [6, 6.07) is -0.492. The van der Waals surface area contributed by atoms with Gasteiger partial charge in [-0.3, -0.25) is 9.59 Å². The number of Topliss-reactive ketones (excluding diaryl/α,β-unsaturated/α-hetero) is 1. The maximum atomic E-state index is 13.1. The summed E-state index contributed by atoms with van der Waals surface area (Å²) in [4.78, 5) is 37.2. The number of sulfonamides is 1.